The molecule has 0 aliphatic heterocycles. The second-order valence-corrected chi connectivity index (χ2v) is 2.65. The van der Waals surface area contributed by atoms with Gasteiger partial charge in [-0.1, -0.05) is 11.6 Å². The number of rotatable bonds is 1. The molecule has 0 spiro atoms. The number of aromatic amines is 1. The SMILES string of the molecule is COc1cncc2c(Cl)[nH]nc12. The van der Waals surface area contributed by atoms with Crippen LogP contribution in [0.15, 0.2) is 12.4 Å². The van der Waals surface area contributed by atoms with E-state index in [-0.39, 0.29) is 0 Å². The fraction of sp³-hybridized carbons (Fsp3) is 0.143. The molecule has 0 fully saturated rings. The second-order valence-electron chi connectivity index (χ2n) is 2.28. The Morgan fingerprint density at radius 3 is 3.08 bits per heavy atom. The Labute approximate surface area is 73.5 Å². The summed E-state index contributed by atoms with van der Waals surface area (Å²) in [5.74, 6) is 0.621. The van der Waals surface area contributed by atoms with Gasteiger partial charge in [-0.25, -0.2) is 0 Å². The van der Waals surface area contributed by atoms with Crippen molar-refractivity contribution < 1.29 is 4.74 Å². The van der Waals surface area contributed by atoms with Crippen LogP contribution in [-0.2, 0) is 0 Å². The van der Waals surface area contributed by atoms with Crippen molar-refractivity contribution in [1.29, 1.82) is 0 Å². The lowest BCUT2D eigenvalue weighted by Gasteiger charge is -1.97. The number of fused-ring (bicyclic) bond motifs is 1. The second kappa shape index (κ2) is 2.64. The first-order valence-corrected chi connectivity index (χ1v) is 3.72. The molecule has 0 aliphatic rings. The highest BCUT2D eigenvalue weighted by Crippen LogP contribution is 2.26. The molecule has 12 heavy (non-hydrogen) atoms. The number of H-pyrrole nitrogens is 1. The van der Waals surface area contributed by atoms with Crippen molar-refractivity contribution in [3.8, 4) is 5.75 Å². The smallest absolute Gasteiger partial charge is 0.165 e. The van der Waals surface area contributed by atoms with E-state index >= 15 is 0 Å². The van der Waals surface area contributed by atoms with Gasteiger partial charge in [-0.05, 0) is 0 Å². The summed E-state index contributed by atoms with van der Waals surface area (Å²) in [5.41, 5.74) is 0.706. The van der Waals surface area contributed by atoms with E-state index in [1.807, 2.05) is 0 Å². The van der Waals surface area contributed by atoms with Gasteiger partial charge in [0.1, 0.15) is 10.7 Å². The average molecular weight is 184 g/mol. The zero-order chi connectivity index (χ0) is 8.55. The number of hydrogen-bond donors (Lipinski definition) is 1. The molecule has 0 aromatic carbocycles. The highest BCUT2D eigenvalue weighted by Gasteiger charge is 2.07. The first kappa shape index (κ1) is 7.36. The lowest BCUT2D eigenvalue weighted by Crippen LogP contribution is -1.85. The summed E-state index contributed by atoms with van der Waals surface area (Å²) in [5, 5.41) is 7.87. The Morgan fingerprint density at radius 1 is 1.50 bits per heavy atom. The zero-order valence-electron chi connectivity index (χ0n) is 6.34. The Bertz CT molecular complexity index is 412. The molecule has 0 saturated heterocycles. The van der Waals surface area contributed by atoms with Gasteiger partial charge in [0.2, 0.25) is 0 Å². The predicted molar refractivity (Wildman–Crippen MR) is 45.5 cm³/mol. The molecule has 0 amide bonds. The molecule has 4 nitrogen and oxygen atoms in total. The largest absolute Gasteiger partial charge is 0.493 e. The summed E-state index contributed by atoms with van der Waals surface area (Å²) in [4.78, 5) is 3.95. The van der Waals surface area contributed by atoms with Gasteiger partial charge >= 0.3 is 0 Å². The third-order valence-electron chi connectivity index (χ3n) is 1.61. The van der Waals surface area contributed by atoms with E-state index in [9.17, 15) is 0 Å². The number of nitrogens with zero attached hydrogens (tertiary/aromatic N) is 2. The van der Waals surface area contributed by atoms with Crippen LogP contribution in [0.4, 0.5) is 0 Å². The lowest BCUT2D eigenvalue weighted by atomic mass is 10.3. The number of aromatic nitrogens is 3. The Kier molecular flexibility index (Phi) is 1.62. The van der Waals surface area contributed by atoms with E-state index in [4.69, 9.17) is 16.3 Å². The number of hydrogen-bond acceptors (Lipinski definition) is 3. The van der Waals surface area contributed by atoms with Crippen molar-refractivity contribution in [3.63, 3.8) is 0 Å². The van der Waals surface area contributed by atoms with Gasteiger partial charge in [-0.2, -0.15) is 5.10 Å². The van der Waals surface area contributed by atoms with Crippen LogP contribution in [0.3, 0.4) is 0 Å². The fourth-order valence-corrected chi connectivity index (χ4v) is 1.21. The number of methoxy groups -OCH3 is 1. The molecule has 5 heteroatoms. The minimum Gasteiger partial charge on any atom is -0.493 e. The van der Waals surface area contributed by atoms with Gasteiger partial charge in [-0.15, -0.1) is 0 Å². The normalized spacial score (nSPS) is 10.5. The third-order valence-corrected chi connectivity index (χ3v) is 1.89. The molecule has 0 atom stereocenters. The maximum atomic E-state index is 5.79. The summed E-state index contributed by atoms with van der Waals surface area (Å²) in [6.07, 6.45) is 3.24. The van der Waals surface area contributed by atoms with E-state index < -0.39 is 0 Å². The molecule has 2 aromatic rings. The summed E-state index contributed by atoms with van der Waals surface area (Å²) < 4.78 is 5.04. The van der Waals surface area contributed by atoms with Crippen molar-refractivity contribution in [3.05, 3.63) is 17.5 Å². The summed E-state index contributed by atoms with van der Waals surface area (Å²) in [7, 11) is 1.57. The van der Waals surface area contributed by atoms with Crippen LogP contribution in [0, 0.1) is 0 Å². The maximum absolute atomic E-state index is 5.79. The van der Waals surface area contributed by atoms with Crippen LogP contribution < -0.4 is 4.74 Å². The molecular formula is C7H6ClN3O. The van der Waals surface area contributed by atoms with Gasteiger partial charge in [0.25, 0.3) is 0 Å². The lowest BCUT2D eigenvalue weighted by molar-refractivity contribution is 0.417. The highest BCUT2D eigenvalue weighted by atomic mass is 35.5. The van der Waals surface area contributed by atoms with E-state index in [0.29, 0.717) is 16.4 Å². The van der Waals surface area contributed by atoms with Crippen molar-refractivity contribution in [1.82, 2.24) is 15.2 Å². The molecule has 1 N–H and O–H groups in total. The van der Waals surface area contributed by atoms with Crippen LogP contribution in [0.1, 0.15) is 0 Å². The standard InChI is InChI=1S/C7H6ClN3O/c1-12-5-3-9-2-4-6(5)10-11-7(4)8/h2-3H,1H3,(H,10,11). The van der Waals surface area contributed by atoms with Gasteiger partial charge in [0.15, 0.2) is 5.75 Å². The molecule has 0 unspecified atom stereocenters. The summed E-state index contributed by atoms with van der Waals surface area (Å²) in [6, 6.07) is 0. The summed E-state index contributed by atoms with van der Waals surface area (Å²) in [6.45, 7) is 0. The molecule has 0 aliphatic carbocycles. The van der Waals surface area contributed by atoms with Crippen LogP contribution in [0.2, 0.25) is 5.15 Å². The van der Waals surface area contributed by atoms with E-state index in [0.717, 1.165) is 5.39 Å². The molecule has 0 bridgehead atoms. The van der Waals surface area contributed by atoms with Crippen LogP contribution in [0.5, 0.6) is 5.75 Å². The Hall–Kier alpha value is -1.29. The van der Waals surface area contributed by atoms with Crippen LogP contribution in [0.25, 0.3) is 10.9 Å². The Morgan fingerprint density at radius 2 is 2.33 bits per heavy atom. The zero-order valence-corrected chi connectivity index (χ0v) is 7.09. The maximum Gasteiger partial charge on any atom is 0.165 e. The minimum absolute atomic E-state index is 0.483. The molecule has 2 rings (SSSR count). The highest BCUT2D eigenvalue weighted by molar-refractivity contribution is 6.34. The number of halogens is 1. The molecule has 2 heterocycles. The van der Waals surface area contributed by atoms with E-state index in [1.54, 1.807) is 19.5 Å². The van der Waals surface area contributed by atoms with Crippen molar-refractivity contribution >= 4 is 22.5 Å². The van der Waals surface area contributed by atoms with Gasteiger partial charge < -0.3 is 4.74 Å². The number of ether oxygens (including phenoxy) is 1. The molecule has 0 radical (unpaired) electrons. The monoisotopic (exact) mass is 183 g/mol. The molecule has 2 aromatic heterocycles. The van der Waals surface area contributed by atoms with Gasteiger partial charge in [0.05, 0.1) is 18.7 Å². The van der Waals surface area contributed by atoms with Crippen LogP contribution >= 0.6 is 11.6 Å². The third kappa shape index (κ3) is 0.921. The van der Waals surface area contributed by atoms with Gasteiger partial charge in [-0.3, -0.25) is 10.1 Å². The first-order chi connectivity index (χ1) is 5.83. The quantitative estimate of drug-likeness (QED) is 0.731. The van der Waals surface area contributed by atoms with E-state index in [1.165, 1.54) is 0 Å². The number of nitrogens with one attached hydrogen (secondary N) is 1. The topological polar surface area (TPSA) is 50.8 Å². The van der Waals surface area contributed by atoms with Crippen molar-refractivity contribution in [2.75, 3.05) is 7.11 Å². The van der Waals surface area contributed by atoms with E-state index in [2.05, 4.69) is 15.2 Å². The van der Waals surface area contributed by atoms with Crippen LogP contribution in [-0.4, -0.2) is 22.3 Å². The van der Waals surface area contributed by atoms with Crippen molar-refractivity contribution in [2.45, 2.75) is 0 Å². The number of pyridine rings is 1. The van der Waals surface area contributed by atoms with Gasteiger partial charge in [0, 0.05) is 6.20 Å². The molecule has 0 saturated carbocycles. The summed E-state index contributed by atoms with van der Waals surface area (Å²) >= 11 is 5.79. The molecule has 62 valence electrons. The molecular weight excluding hydrogens is 178 g/mol. The minimum atomic E-state index is 0.483. The Balaban J connectivity index is 2.81. The predicted octanol–water partition coefficient (Wildman–Crippen LogP) is 1.62. The fourth-order valence-electron chi connectivity index (χ4n) is 1.03. The first-order valence-electron chi connectivity index (χ1n) is 3.34. The average Bonchev–Trinajstić information content (AvgIpc) is 2.48. The van der Waals surface area contributed by atoms with Crippen molar-refractivity contribution in [2.24, 2.45) is 0 Å².